The highest BCUT2D eigenvalue weighted by molar-refractivity contribution is 6.09. The minimum atomic E-state index is -1.25. The topological polar surface area (TPSA) is 86.7 Å². The maximum absolute atomic E-state index is 12.5. The Bertz CT molecular complexity index is 802. The number of urea groups is 1. The fourth-order valence-corrected chi connectivity index (χ4v) is 2.67. The number of hydrogen-bond acceptors (Lipinski definition) is 3. The predicted octanol–water partition coefficient (Wildman–Crippen LogP) is 1.69. The van der Waals surface area contributed by atoms with Crippen LogP contribution in [0.5, 0.6) is 0 Å². The van der Waals surface area contributed by atoms with Crippen molar-refractivity contribution in [3.05, 3.63) is 48.0 Å². The Morgan fingerprint density at radius 1 is 1.18 bits per heavy atom. The zero-order chi connectivity index (χ0) is 15.9. The largest absolute Gasteiger partial charge is 0.480 e. The number of nitrogens with zero attached hydrogens (tertiary/aromatic N) is 1. The van der Waals surface area contributed by atoms with Gasteiger partial charge in [-0.05, 0) is 29.3 Å². The molecule has 3 rings (SSSR count). The summed E-state index contributed by atoms with van der Waals surface area (Å²) in [5, 5.41) is 13.4. The first kappa shape index (κ1) is 14.1. The van der Waals surface area contributed by atoms with Crippen molar-refractivity contribution in [2.24, 2.45) is 0 Å². The van der Waals surface area contributed by atoms with E-state index in [9.17, 15) is 14.4 Å². The Morgan fingerprint density at radius 3 is 2.55 bits per heavy atom. The first-order valence-electron chi connectivity index (χ1n) is 6.77. The van der Waals surface area contributed by atoms with Gasteiger partial charge in [0, 0.05) is 0 Å². The van der Waals surface area contributed by atoms with Gasteiger partial charge in [0.2, 0.25) is 0 Å². The number of carboxylic acid groups (broad SMARTS) is 1. The van der Waals surface area contributed by atoms with Crippen LogP contribution in [0, 0.1) is 0 Å². The number of imide groups is 1. The Hall–Kier alpha value is -2.89. The summed E-state index contributed by atoms with van der Waals surface area (Å²) in [6.45, 7) is 0.938. The smallest absolute Gasteiger partial charge is 0.325 e. The van der Waals surface area contributed by atoms with Crippen molar-refractivity contribution >= 4 is 28.7 Å². The highest BCUT2D eigenvalue weighted by Gasteiger charge is 2.49. The molecule has 1 atom stereocenters. The molecule has 0 radical (unpaired) electrons. The third-order valence-electron chi connectivity index (χ3n) is 3.90. The van der Waals surface area contributed by atoms with Crippen LogP contribution in [0.15, 0.2) is 42.5 Å². The van der Waals surface area contributed by atoms with Crippen LogP contribution in [0.1, 0.15) is 12.5 Å². The van der Waals surface area contributed by atoms with Gasteiger partial charge in [-0.1, -0.05) is 36.4 Å². The second-order valence-corrected chi connectivity index (χ2v) is 5.40. The van der Waals surface area contributed by atoms with E-state index < -0.39 is 30.0 Å². The Balaban J connectivity index is 2.03. The summed E-state index contributed by atoms with van der Waals surface area (Å²) in [6, 6.07) is 12.5. The standard InChI is InChI=1S/C16H14N2O4/c1-16(14(21)18(9-13(19)20)15(22)17-16)12-7-6-10-4-2-3-5-11(10)8-12/h2-8H,9H2,1H3,(H,17,22)(H,19,20)/t16-/m0/s1. The van der Waals surface area contributed by atoms with E-state index in [1.807, 2.05) is 36.4 Å². The average Bonchev–Trinajstić information content (AvgIpc) is 2.71. The molecule has 1 aliphatic rings. The maximum atomic E-state index is 12.5. The van der Waals surface area contributed by atoms with E-state index in [1.165, 1.54) is 0 Å². The number of nitrogens with one attached hydrogen (secondary N) is 1. The molecule has 0 spiro atoms. The second kappa shape index (κ2) is 4.84. The van der Waals surface area contributed by atoms with E-state index in [1.54, 1.807) is 13.0 Å². The first-order valence-corrected chi connectivity index (χ1v) is 6.77. The summed E-state index contributed by atoms with van der Waals surface area (Å²) >= 11 is 0. The fraction of sp³-hybridized carbons (Fsp3) is 0.188. The Morgan fingerprint density at radius 2 is 1.86 bits per heavy atom. The Kier molecular flexibility index (Phi) is 3.09. The van der Waals surface area contributed by atoms with Gasteiger partial charge in [0.1, 0.15) is 12.1 Å². The van der Waals surface area contributed by atoms with Gasteiger partial charge in [0.25, 0.3) is 5.91 Å². The molecule has 22 heavy (non-hydrogen) atoms. The number of carbonyl (C=O) groups is 3. The molecule has 0 aromatic heterocycles. The first-order chi connectivity index (χ1) is 10.4. The summed E-state index contributed by atoms with van der Waals surface area (Å²) in [5.74, 6) is -1.79. The van der Waals surface area contributed by atoms with E-state index in [2.05, 4.69) is 5.32 Å². The number of carbonyl (C=O) groups excluding carboxylic acids is 2. The molecule has 6 nitrogen and oxygen atoms in total. The summed E-state index contributed by atoms with van der Waals surface area (Å²) < 4.78 is 0. The molecule has 112 valence electrons. The quantitative estimate of drug-likeness (QED) is 0.844. The minimum Gasteiger partial charge on any atom is -0.480 e. The van der Waals surface area contributed by atoms with Gasteiger partial charge in [-0.3, -0.25) is 14.5 Å². The molecule has 0 bridgehead atoms. The van der Waals surface area contributed by atoms with E-state index in [0.717, 1.165) is 15.7 Å². The van der Waals surface area contributed by atoms with Gasteiger partial charge in [0.05, 0.1) is 0 Å². The number of aliphatic carboxylic acids is 1. The van der Waals surface area contributed by atoms with Crippen LogP contribution < -0.4 is 5.32 Å². The van der Waals surface area contributed by atoms with Gasteiger partial charge in [-0.15, -0.1) is 0 Å². The summed E-state index contributed by atoms with van der Waals surface area (Å²) in [7, 11) is 0. The number of rotatable bonds is 3. The van der Waals surface area contributed by atoms with Crippen LogP contribution >= 0.6 is 0 Å². The van der Waals surface area contributed by atoms with Crippen LogP contribution in [0.2, 0.25) is 0 Å². The zero-order valence-electron chi connectivity index (χ0n) is 11.9. The van der Waals surface area contributed by atoms with E-state index in [-0.39, 0.29) is 0 Å². The van der Waals surface area contributed by atoms with Crippen molar-refractivity contribution in [3.8, 4) is 0 Å². The maximum Gasteiger partial charge on any atom is 0.325 e. The monoisotopic (exact) mass is 298 g/mol. The molecule has 1 aliphatic heterocycles. The van der Waals surface area contributed by atoms with Gasteiger partial charge in [-0.25, -0.2) is 4.79 Å². The lowest BCUT2D eigenvalue weighted by Gasteiger charge is -2.22. The van der Waals surface area contributed by atoms with E-state index in [0.29, 0.717) is 5.56 Å². The van der Waals surface area contributed by atoms with Crippen molar-refractivity contribution in [2.75, 3.05) is 6.54 Å². The van der Waals surface area contributed by atoms with Crippen molar-refractivity contribution in [3.63, 3.8) is 0 Å². The van der Waals surface area contributed by atoms with Crippen molar-refractivity contribution in [1.82, 2.24) is 10.2 Å². The molecule has 3 amide bonds. The summed E-state index contributed by atoms with van der Waals surface area (Å²) in [6.07, 6.45) is 0. The Labute approximate surface area is 126 Å². The van der Waals surface area contributed by atoms with Crippen LogP contribution in [0.25, 0.3) is 10.8 Å². The molecule has 1 saturated heterocycles. The number of hydrogen-bond donors (Lipinski definition) is 2. The molecule has 0 aliphatic carbocycles. The fourth-order valence-electron chi connectivity index (χ4n) is 2.67. The highest BCUT2D eigenvalue weighted by atomic mass is 16.4. The molecule has 1 fully saturated rings. The molecule has 2 aromatic rings. The van der Waals surface area contributed by atoms with Crippen LogP contribution in [0.4, 0.5) is 4.79 Å². The summed E-state index contributed by atoms with van der Waals surface area (Å²) in [5.41, 5.74) is -0.631. The number of amides is 3. The molecule has 1 heterocycles. The van der Waals surface area contributed by atoms with E-state index in [4.69, 9.17) is 5.11 Å². The van der Waals surface area contributed by atoms with Crippen LogP contribution in [-0.2, 0) is 15.1 Å². The molecular weight excluding hydrogens is 284 g/mol. The normalized spacial score (nSPS) is 21.2. The van der Waals surface area contributed by atoms with Crippen molar-refractivity contribution < 1.29 is 19.5 Å². The van der Waals surface area contributed by atoms with E-state index >= 15 is 0 Å². The molecule has 6 heteroatoms. The average molecular weight is 298 g/mol. The minimum absolute atomic E-state index is 0.560. The lowest BCUT2D eigenvalue weighted by atomic mass is 9.90. The van der Waals surface area contributed by atoms with Crippen molar-refractivity contribution in [2.45, 2.75) is 12.5 Å². The molecule has 0 saturated carbocycles. The third kappa shape index (κ3) is 2.09. The lowest BCUT2D eigenvalue weighted by Crippen LogP contribution is -2.41. The van der Waals surface area contributed by atoms with Crippen LogP contribution in [-0.4, -0.2) is 34.5 Å². The van der Waals surface area contributed by atoms with Gasteiger partial charge in [0.15, 0.2) is 0 Å². The summed E-state index contributed by atoms with van der Waals surface area (Å²) in [4.78, 5) is 35.9. The number of benzene rings is 2. The lowest BCUT2D eigenvalue weighted by molar-refractivity contribution is -0.142. The van der Waals surface area contributed by atoms with Crippen molar-refractivity contribution in [1.29, 1.82) is 0 Å². The molecule has 2 N–H and O–H groups in total. The number of fused-ring (bicyclic) bond motifs is 1. The molecule has 2 aromatic carbocycles. The highest BCUT2D eigenvalue weighted by Crippen LogP contribution is 2.30. The molecular formula is C16H14N2O4. The van der Waals surface area contributed by atoms with Crippen LogP contribution in [0.3, 0.4) is 0 Å². The predicted molar refractivity (Wildman–Crippen MR) is 79.2 cm³/mol. The number of carboxylic acids is 1. The second-order valence-electron chi connectivity index (χ2n) is 5.40. The van der Waals surface area contributed by atoms with Gasteiger partial charge in [-0.2, -0.15) is 0 Å². The zero-order valence-corrected chi connectivity index (χ0v) is 11.9. The SMILES string of the molecule is C[C@@]1(c2ccc3ccccc3c2)NC(=O)N(CC(=O)O)C1=O. The van der Waals surface area contributed by atoms with Gasteiger partial charge < -0.3 is 10.4 Å². The van der Waals surface area contributed by atoms with Gasteiger partial charge >= 0.3 is 12.0 Å². The third-order valence-corrected chi connectivity index (χ3v) is 3.90. The molecule has 0 unspecified atom stereocenters.